The quantitative estimate of drug-likeness (QED) is 0.825. The summed E-state index contributed by atoms with van der Waals surface area (Å²) in [4.78, 5) is 0. The van der Waals surface area contributed by atoms with Gasteiger partial charge in [-0.1, -0.05) is 31.4 Å². The first-order valence-electron chi connectivity index (χ1n) is 6.20. The van der Waals surface area contributed by atoms with Gasteiger partial charge in [-0.25, -0.2) is 0 Å². The van der Waals surface area contributed by atoms with Crippen LogP contribution in [0.5, 0.6) is 5.75 Å². The van der Waals surface area contributed by atoms with Crippen LogP contribution >= 0.6 is 0 Å². The molecule has 1 aromatic rings. The predicted octanol–water partition coefficient (Wildman–Crippen LogP) is 3.31. The van der Waals surface area contributed by atoms with E-state index in [1.807, 2.05) is 31.2 Å². The SMILES string of the molecule is CCOc1cccc(C(O)CC2CCC2)c1. The van der Waals surface area contributed by atoms with Crippen LogP contribution in [0.15, 0.2) is 24.3 Å². The molecule has 1 aliphatic carbocycles. The monoisotopic (exact) mass is 220 g/mol. The summed E-state index contributed by atoms with van der Waals surface area (Å²) in [5.74, 6) is 1.58. The average Bonchev–Trinajstić information content (AvgIpc) is 2.24. The highest BCUT2D eigenvalue weighted by atomic mass is 16.5. The van der Waals surface area contributed by atoms with Gasteiger partial charge in [-0.2, -0.15) is 0 Å². The van der Waals surface area contributed by atoms with E-state index < -0.39 is 0 Å². The lowest BCUT2D eigenvalue weighted by atomic mass is 9.80. The number of hydrogen-bond acceptors (Lipinski definition) is 2. The summed E-state index contributed by atoms with van der Waals surface area (Å²) in [6.45, 7) is 2.64. The van der Waals surface area contributed by atoms with E-state index in [1.165, 1.54) is 19.3 Å². The molecule has 1 atom stereocenters. The van der Waals surface area contributed by atoms with E-state index in [9.17, 15) is 5.11 Å². The van der Waals surface area contributed by atoms with Gasteiger partial charge < -0.3 is 9.84 Å². The third-order valence-electron chi connectivity index (χ3n) is 3.34. The molecule has 1 saturated carbocycles. The normalized spacial score (nSPS) is 17.9. The zero-order valence-electron chi connectivity index (χ0n) is 9.86. The van der Waals surface area contributed by atoms with Crippen LogP contribution in [0.2, 0.25) is 0 Å². The second kappa shape index (κ2) is 5.35. The summed E-state index contributed by atoms with van der Waals surface area (Å²) < 4.78 is 5.43. The van der Waals surface area contributed by atoms with Crippen molar-refractivity contribution < 1.29 is 9.84 Å². The second-order valence-corrected chi connectivity index (χ2v) is 4.55. The fourth-order valence-electron chi connectivity index (χ4n) is 2.16. The Morgan fingerprint density at radius 3 is 2.88 bits per heavy atom. The number of rotatable bonds is 5. The highest BCUT2D eigenvalue weighted by Gasteiger charge is 2.21. The van der Waals surface area contributed by atoms with Crippen LogP contribution in [0.3, 0.4) is 0 Å². The van der Waals surface area contributed by atoms with E-state index in [4.69, 9.17) is 4.74 Å². The Bertz CT molecular complexity index is 331. The van der Waals surface area contributed by atoms with Crippen LogP contribution in [0.25, 0.3) is 0 Å². The minimum atomic E-state index is -0.328. The molecular formula is C14H20O2. The molecule has 0 aliphatic heterocycles. The second-order valence-electron chi connectivity index (χ2n) is 4.55. The van der Waals surface area contributed by atoms with E-state index in [1.54, 1.807) is 0 Å². The third-order valence-corrected chi connectivity index (χ3v) is 3.34. The molecule has 2 rings (SSSR count). The number of ether oxygens (including phenoxy) is 1. The van der Waals surface area contributed by atoms with Crippen LogP contribution in [-0.4, -0.2) is 11.7 Å². The van der Waals surface area contributed by atoms with Gasteiger partial charge in [0, 0.05) is 0 Å². The molecule has 0 saturated heterocycles. The van der Waals surface area contributed by atoms with Gasteiger partial charge >= 0.3 is 0 Å². The zero-order chi connectivity index (χ0) is 11.4. The minimum Gasteiger partial charge on any atom is -0.494 e. The highest BCUT2D eigenvalue weighted by Crippen LogP contribution is 2.35. The Balaban J connectivity index is 1.97. The molecule has 1 unspecified atom stereocenters. The summed E-state index contributed by atoms with van der Waals surface area (Å²) >= 11 is 0. The van der Waals surface area contributed by atoms with Crippen molar-refractivity contribution in [1.82, 2.24) is 0 Å². The predicted molar refractivity (Wildman–Crippen MR) is 64.5 cm³/mol. The Kier molecular flexibility index (Phi) is 3.83. The van der Waals surface area contributed by atoms with E-state index >= 15 is 0 Å². The van der Waals surface area contributed by atoms with Crippen molar-refractivity contribution >= 4 is 0 Å². The van der Waals surface area contributed by atoms with Crippen molar-refractivity contribution in [3.8, 4) is 5.75 Å². The molecular weight excluding hydrogens is 200 g/mol. The summed E-state index contributed by atoms with van der Waals surface area (Å²) in [7, 11) is 0. The maximum atomic E-state index is 10.1. The van der Waals surface area contributed by atoms with Crippen LogP contribution in [0, 0.1) is 5.92 Å². The molecule has 1 aromatic carbocycles. The smallest absolute Gasteiger partial charge is 0.119 e. The molecule has 0 radical (unpaired) electrons. The molecule has 88 valence electrons. The minimum absolute atomic E-state index is 0.328. The summed E-state index contributed by atoms with van der Waals surface area (Å²) in [6.07, 6.45) is 4.46. The van der Waals surface area contributed by atoms with Crippen LogP contribution in [0.4, 0.5) is 0 Å². The van der Waals surface area contributed by atoms with Gasteiger partial charge in [0.15, 0.2) is 0 Å². The molecule has 0 spiro atoms. The Hall–Kier alpha value is -1.02. The standard InChI is InChI=1S/C14H20O2/c1-2-16-13-8-4-7-12(10-13)14(15)9-11-5-3-6-11/h4,7-8,10-11,14-15H,2-3,5-6,9H2,1H3. The molecule has 16 heavy (non-hydrogen) atoms. The van der Waals surface area contributed by atoms with Crippen LogP contribution < -0.4 is 4.74 Å². The third kappa shape index (κ3) is 2.76. The van der Waals surface area contributed by atoms with E-state index in [2.05, 4.69) is 0 Å². The number of aliphatic hydroxyl groups is 1. The fraction of sp³-hybridized carbons (Fsp3) is 0.571. The number of hydrogen-bond donors (Lipinski definition) is 1. The van der Waals surface area contributed by atoms with Crippen molar-refractivity contribution in [3.05, 3.63) is 29.8 Å². The van der Waals surface area contributed by atoms with Crippen LogP contribution in [-0.2, 0) is 0 Å². The van der Waals surface area contributed by atoms with Crippen molar-refractivity contribution in [2.24, 2.45) is 5.92 Å². The number of aliphatic hydroxyl groups excluding tert-OH is 1. The maximum Gasteiger partial charge on any atom is 0.119 e. The summed E-state index contributed by atoms with van der Waals surface area (Å²) in [6, 6.07) is 7.81. The largest absolute Gasteiger partial charge is 0.494 e. The van der Waals surface area contributed by atoms with Gasteiger partial charge in [-0.05, 0) is 37.0 Å². The van der Waals surface area contributed by atoms with E-state index in [-0.39, 0.29) is 6.10 Å². The molecule has 0 bridgehead atoms. The Labute approximate surface area is 97.3 Å². The molecule has 2 nitrogen and oxygen atoms in total. The van der Waals surface area contributed by atoms with Gasteiger partial charge in [0.1, 0.15) is 5.75 Å². The molecule has 0 amide bonds. The fourth-order valence-corrected chi connectivity index (χ4v) is 2.16. The lowest BCUT2D eigenvalue weighted by Gasteiger charge is -2.27. The Morgan fingerprint density at radius 2 is 2.25 bits per heavy atom. The summed E-state index contributed by atoms with van der Waals surface area (Å²) in [5, 5.41) is 10.1. The first kappa shape index (κ1) is 11.5. The zero-order valence-corrected chi connectivity index (χ0v) is 9.86. The van der Waals surface area contributed by atoms with Gasteiger partial charge in [0.2, 0.25) is 0 Å². The highest BCUT2D eigenvalue weighted by molar-refractivity contribution is 5.29. The average molecular weight is 220 g/mol. The number of benzene rings is 1. The summed E-state index contributed by atoms with van der Waals surface area (Å²) in [5.41, 5.74) is 0.984. The van der Waals surface area contributed by atoms with E-state index in [0.29, 0.717) is 6.61 Å². The first-order chi connectivity index (χ1) is 7.79. The molecule has 0 heterocycles. The van der Waals surface area contributed by atoms with Crippen molar-refractivity contribution in [2.45, 2.75) is 38.7 Å². The molecule has 0 aromatic heterocycles. The lowest BCUT2D eigenvalue weighted by molar-refractivity contribution is 0.118. The topological polar surface area (TPSA) is 29.5 Å². The van der Waals surface area contributed by atoms with E-state index in [0.717, 1.165) is 23.7 Å². The first-order valence-corrected chi connectivity index (χ1v) is 6.20. The van der Waals surface area contributed by atoms with Gasteiger partial charge in [-0.3, -0.25) is 0 Å². The van der Waals surface area contributed by atoms with Gasteiger partial charge in [0.25, 0.3) is 0 Å². The molecule has 1 N–H and O–H groups in total. The van der Waals surface area contributed by atoms with Crippen molar-refractivity contribution in [1.29, 1.82) is 0 Å². The van der Waals surface area contributed by atoms with Crippen LogP contribution in [0.1, 0.15) is 44.3 Å². The maximum absolute atomic E-state index is 10.1. The van der Waals surface area contributed by atoms with Crippen molar-refractivity contribution in [2.75, 3.05) is 6.61 Å². The van der Waals surface area contributed by atoms with Crippen molar-refractivity contribution in [3.63, 3.8) is 0 Å². The molecule has 1 aliphatic rings. The lowest BCUT2D eigenvalue weighted by Crippen LogP contribution is -2.14. The molecule has 1 fully saturated rings. The van der Waals surface area contributed by atoms with Gasteiger partial charge in [0.05, 0.1) is 12.7 Å². The molecule has 2 heteroatoms. The van der Waals surface area contributed by atoms with Gasteiger partial charge in [-0.15, -0.1) is 0 Å². The Morgan fingerprint density at radius 1 is 1.44 bits per heavy atom.